The van der Waals surface area contributed by atoms with Crippen molar-refractivity contribution >= 4 is 33.1 Å². The highest BCUT2D eigenvalue weighted by Crippen LogP contribution is 2.35. The molecule has 0 fully saturated rings. The normalized spacial score (nSPS) is 11.6. The fraction of sp³-hybridized carbons (Fsp3) is 0.273. The molecular weight excluding hydrogens is 343 g/mol. The van der Waals surface area contributed by atoms with E-state index in [0.717, 1.165) is 11.1 Å². The molecule has 8 heteroatoms. The Labute approximate surface area is 120 Å². The van der Waals surface area contributed by atoms with E-state index in [1.807, 2.05) is 6.92 Å². The van der Waals surface area contributed by atoms with Gasteiger partial charge < -0.3 is 5.32 Å². The summed E-state index contributed by atoms with van der Waals surface area (Å²) in [7, 11) is 0. The number of pyridine rings is 1. The minimum absolute atomic E-state index is 0.193. The van der Waals surface area contributed by atoms with Crippen LogP contribution >= 0.6 is 27.3 Å². The van der Waals surface area contributed by atoms with Crippen LogP contribution < -0.4 is 5.32 Å². The fourth-order valence-electron chi connectivity index (χ4n) is 1.46. The predicted octanol–water partition coefficient (Wildman–Crippen LogP) is 4.24. The Bertz CT molecular complexity index is 583. The molecule has 0 aliphatic rings. The van der Waals surface area contributed by atoms with Gasteiger partial charge in [-0.1, -0.05) is 0 Å². The van der Waals surface area contributed by atoms with Crippen molar-refractivity contribution < 1.29 is 13.2 Å². The molecule has 2 rings (SSSR count). The Morgan fingerprint density at radius 3 is 2.74 bits per heavy atom. The number of rotatable bonds is 3. The Balaban J connectivity index is 2.20. The molecule has 0 aliphatic heterocycles. The topological polar surface area (TPSA) is 37.8 Å². The van der Waals surface area contributed by atoms with Crippen molar-refractivity contribution in [2.75, 3.05) is 5.32 Å². The third-order valence-electron chi connectivity index (χ3n) is 2.26. The number of alkyl halides is 3. The molecule has 0 spiro atoms. The largest absolute Gasteiger partial charge is 0.419 e. The average Bonchev–Trinajstić information content (AvgIpc) is 2.72. The highest BCUT2D eigenvalue weighted by Gasteiger charge is 2.34. The number of hydrogen-bond donors (Lipinski definition) is 1. The van der Waals surface area contributed by atoms with Crippen molar-refractivity contribution in [1.29, 1.82) is 0 Å². The van der Waals surface area contributed by atoms with Crippen molar-refractivity contribution in [3.63, 3.8) is 0 Å². The lowest BCUT2D eigenvalue weighted by Gasteiger charge is -2.13. The van der Waals surface area contributed by atoms with Gasteiger partial charge in [-0.25, -0.2) is 9.97 Å². The number of nitrogens with zero attached hydrogens (tertiary/aromatic N) is 2. The van der Waals surface area contributed by atoms with Gasteiger partial charge in [0.15, 0.2) is 0 Å². The molecular formula is C11H9BrF3N3S. The van der Waals surface area contributed by atoms with Crippen LogP contribution in [0.1, 0.15) is 16.3 Å². The third-order valence-corrected chi connectivity index (χ3v) is 3.52. The lowest BCUT2D eigenvalue weighted by molar-refractivity contribution is -0.137. The number of anilines is 1. The smallest absolute Gasteiger partial charge is 0.364 e. The van der Waals surface area contributed by atoms with E-state index in [1.165, 1.54) is 17.5 Å². The van der Waals surface area contributed by atoms with Crippen LogP contribution in [0.3, 0.4) is 0 Å². The fourth-order valence-corrected chi connectivity index (χ4v) is 2.40. The van der Waals surface area contributed by atoms with Crippen LogP contribution in [0.25, 0.3) is 0 Å². The first kappa shape index (κ1) is 14.3. The first-order valence-electron chi connectivity index (χ1n) is 5.24. The Hall–Kier alpha value is -1.15. The van der Waals surface area contributed by atoms with E-state index in [9.17, 15) is 13.2 Å². The average molecular weight is 352 g/mol. The van der Waals surface area contributed by atoms with Gasteiger partial charge in [0, 0.05) is 16.0 Å². The van der Waals surface area contributed by atoms with Gasteiger partial charge in [0.25, 0.3) is 0 Å². The van der Waals surface area contributed by atoms with Gasteiger partial charge in [0.2, 0.25) is 0 Å². The van der Waals surface area contributed by atoms with E-state index in [1.54, 1.807) is 5.38 Å². The van der Waals surface area contributed by atoms with Crippen LogP contribution in [0, 0.1) is 6.92 Å². The highest BCUT2D eigenvalue weighted by atomic mass is 79.9. The number of nitrogens with one attached hydrogen (secondary N) is 1. The summed E-state index contributed by atoms with van der Waals surface area (Å²) >= 11 is 4.44. The molecule has 0 radical (unpaired) electrons. The van der Waals surface area contributed by atoms with Crippen molar-refractivity contribution in [3.05, 3.63) is 38.4 Å². The van der Waals surface area contributed by atoms with Crippen molar-refractivity contribution in [2.24, 2.45) is 0 Å². The van der Waals surface area contributed by atoms with Gasteiger partial charge in [-0.15, -0.1) is 11.3 Å². The monoisotopic (exact) mass is 351 g/mol. The number of halogens is 4. The van der Waals surface area contributed by atoms with E-state index in [-0.39, 0.29) is 16.8 Å². The number of thiazole rings is 1. The molecule has 0 atom stereocenters. The zero-order chi connectivity index (χ0) is 14.0. The van der Waals surface area contributed by atoms with Gasteiger partial charge >= 0.3 is 6.18 Å². The molecule has 0 saturated carbocycles. The third kappa shape index (κ3) is 3.66. The molecule has 102 valence electrons. The zero-order valence-corrected chi connectivity index (χ0v) is 12.2. The summed E-state index contributed by atoms with van der Waals surface area (Å²) in [5.74, 6) is -0.193. The molecule has 2 aromatic rings. The Morgan fingerprint density at radius 2 is 2.16 bits per heavy atom. The lowest BCUT2D eigenvalue weighted by atomic mass is 10.2. The summed E-state index contributed by atoms with van der Waals surface area (Å²) in [5.41, 5.74) is -0.103. The summed E-state index contributed by atoms with van der Waals surface area (Å²) in [6.45, 7) is 2.05. The quantitative estimate of drug-likeness (QED) is 0.898. The van der Waals surface area contributed by atoms with E-state index in [2.05, 4.69) is 31.2 Å². The Morgan fingerprint density at radius 1 is 1.42 bits per heavy atom. The lowest BCUT2D eigenvalue weighted by Crippen LogP contribution is -2.12. The maximum Gasteiger partial charge on any atom is 0.419 e. The number of aromatic nitrogens is 2. The van der Waals surface area contributed by atoms with Crippen LogP contribution in [0.15, 0.2) is 22.1 Å². The van der Waals surface area contributed by atoms with Crippen molar-refractivity contribution in [1.82, 2.24) is 9.97 Å². The van der Waals surface area contributed by atoms with Gasteiger partial charge in [-0.05, 0) is 28.9 Å². The molecule has 0 aromatic carbocycles. The molecule has 0 aliphatic carbocycles. The Kier molecular flexibility index (Phi) is 4.10. The van der Waals surface area contributed by atoms with Crippen LogP contribution in [0.5, 0.6) is 0 Å². The van der Waals surface area contributed by atoms with Gasteiger partial charge in [0.05, 0.1) is 22.8 Å². The first-order valence-corrected chi connectivity index (χ1v) is 6.91. The van der Waals surface area contributed by atoms with Gasteiger partial charge in [-0.2, -0.15) is 13.2 Å². The van der Waals surface area contributed by atoms with Crippen LogP contribution in [-0.2, 0) is 12.7 Å². The van der Waals surface area contributed by atoms with E-state index < -0.39 is 11.7 Å². The molecule has 19 heavy (non-hydrogen) atoms. The summed E-state index contributed by atoms with van der Waals surface area (Å²) < 4.78 is 38.8. The SMILES string of the molecule is Cc1nc(CNc2ncc(Br)cc2C(F)(F)F)cs1. The molecule has 2 aromatic heterocycles. The second-order valence-electron chi connectivity index (χ2n) is 3.76. The van der Waals surface area contributed by atoms with Crippen LogP contribution in [-0.4, -0.2) is 9.97 Å². The molecule has 3 nitrogen and oxygen atoms in total. The highest BCUT2D eigenvalue weighted by molar-refractivity contribution is 9.10. The molecule has 0 unspecified atom stereocenters. The number of aryl methyl sites for hydroxylation is 1. The second kappa shape index (κ2) is 5.46. The maximum absolute atomic E-state index is 12.8. The summed E-state index contributed by atoms with van der Waals surface area (Å²) in [6.07, 6.45) is -3.12. The van der Waals surface area contributed by atoms with E-state index in [4.69, 9.17) is 0 Å². The minimum atomic E-state index is -4.45. The predicted molar refractivity (Wildman–Crippen MR) is 71.1 cm³/mol. The van der Waals surface area contributed by atoms with E-state index >= 15 is 0 Å². The molecule has 0 bridgehead atoms. The maximum atomic E-state index is 12.8. The van der Waals surface area contributed by atoms with E-state index in [0.29, 0.717) is 5.69 Å². The summed E-state index contributed by atoms with van der Waals surface area (Å²) in [5, 5.41) is 5.34. The van der Waals surface area contributed by atoms with Gasteiger partial charge in [-0.3, -0.25) is 0 Å². The molecule has 2 heterocycles. The van der Waals surface area contributed by atoms with Gasteiger partial charge in [0.1, 0.15) is 5.82 Å². The molecule has 0 amide bonds. The van der Waals surface area contributed by atoms with Crippen LogP contribution in [0.4, 0.5) is 19.0 Å². The molecule has 0 saturated heterocycles. The second-order valence-corrected chi connectivity index (χ2v) is 5.74. The minimum Gasteiger partial charge on any atom is -0.364 e. The van der Waals surface area contributed by atoms with Crippen molar-refractivity contribution in [2.45, 2.75) is 19.6 Å². The summed E-state index contributed by atoms with van der Waals surface area (Å²) in [6, 6.07) is 1.00. The first-order chi connectivity index (χ1) is 8.86. The standard InChI is InChI=1S/C11H9BrF3N3S/c1-6-18-8(5-19-6)4-17-10-9(11(13,14)15)2-7(12)3-16-10/h2-3,5H,4H2,1H3,(H,16,17). The molecule has 1 N–H and O–H groups in total. The zero-order valence-electron chi connectivity index (χ0n) is 9.75. The summed E-state index contributed by atoms with van der Waals surface area (Å²) in [4.78, 5) is 7.94. The van der Waals surface area contributed by atoms with Crippen LogP contribution in [0.2, 0.25) is 0 Å². The van der Waals surface area contributed by atoms with Crippen molar-refractivity contribution in [3.8, 4) is 0 Å². The number of hydrogen-bond acceptors (Lipinski definition) is 4.